The molecule has 1 aromatic rings. The lowest BCUT2D eigenvalue weighted by Gasteiger charge is -2.05. The minimum Gasteiger partial charge on any atom is -0.394 e. The molecule has 16 heavy (non-hydrogen) atoms. The van der Waals surface area contributed by atoms with Crippen LogP contribution in [0, 0.1) is 10.1 Å². The minimum absolute atomic E-state index is 0.0979. The first-order chi connectivity index (χ1) is 7.54. The van der Waals surface area contributed by atoms with E-state index in [9.17, 15) is 14.9 Å². The van der Waals surface area contributed by atoms with Crippen LogP contribution < -0.4 is 0 Å². The molecule has 1 aromatic carbocycles. The standard InChI is InChI=1S/C10H11NO5/c12-6-9(13)5-10(14)7-1-3-8(4-2-7)11(15)16/h1-4,9,12-13H,5-6H2/t9-/m1/s1. The van der Waals surface area contributed by atoms with Crippen molar-refractivity contribution in [3.63, 3.8) is 0 Å². The Morgan fingerprint density at radius 1 is 1.38 bits per heavy atom. The van der Waals surface area contributed by atoms with Crippen LogP contribution in [0.5, 0.6) is 0 Å². The van der Waals surface area contributed by atoms with Gasteiger partial charge in [0.1, 0.15) is 0 Å². The van der Waals surface area contributed by atoms with Crippen molar-refractivity contribution in [3.05, 3.63) is 39.9 Å². The van der Waals surface area contributed by atoms with Crippen LogP contribution in [-0.4, -0.2) is 33.6 Å². The Morgan fingerprint density at radius 3 is 2.38 bits per heavy atom. The molecule has 0 unspecified atom stereocenters. The Labute approximate surface area is 91.3 Å². The van der Waals surface area contributed by atoms with E-state index in [0.717, 1.165) is 0 Å². The molecule has 6 heteroatoms. The third kappa shape index (κ3) is 3.11. The molecule has 0 heterocycles. The smallest absolute Gasteiger partial charge is 0.269 e. The van der Waals surface area contributed by atoms with Gasteiger partial charge in [-0.05, 0) is 12.1 Å². The number of benzene rings is 1. The Hall–Kier alpha value is -1.79. The summed E-state index contributed by atoms with van der Waals surface area (Å²) in [6, 6.07) is 5.09. The van der Waals surface area contributed by atoms with Crippen LogP contribution in [0.25, 0.3) is 0 Å². The van der Waals surface area contributed by atoms with Gasteiger partial charge in [-0.2, -0.15) is 0 Å². The summed E-state index contributed by atoms with van der Waals surface area (Å²) in [5, 5.41) is 28.0. The first kappa shape index (κ1) is 12.3. The monoisotopic (exact) mass is 225 g/mol. The van der Waals surface area contributed by atoms with E-state index >= 15 is 0 Å². The normalized spacial score (nSPS) is 12.1. The topological polar surface area (TPSA) is 101 Å². The molecule has 0 saturated heterocycles. The predicted molar refractivity (Wildman–Crippen MR) is 55.1 cm³/mol. The number of hydrogen-bond donors (Lipinski definition) is 2. The number of non-ortho nitro benzene ring substituents is 1. The van der Waals surface area contributed by atoms with Crippen molar-refractivity contribution in [2.75, 3.05) is 6.61 Å². The number of rotatable bonds is 5. The highest BCUT2D eigenvalue weighted by atomic mass is 16.6. The number of ketones is 1. The van der Waals surface area contributed by atoms with Crippen molar-refractivity contribution < 1.29 is 19.9 Å². The van der Waals surface area contributed by atoms with Gasteiger partial charge in [0.15, 0.2) is 5.78 Å². The zero-order valence-corrected chi connectivity index (χ0v) is 8.37. The summed E-state index contributed by atoms with van der Waals surface area (Å²) < 4.78 is 0. The van der Waals surface area contributed by atoms with Gasteiger partial charge < -0.3 is 10.2 Å². The lowest BCUT2D eigenvalue weighted by molar-refractivity contribution is -0.384. The van der Waals surface area contributed by atoms with E-state index in [2.05, 4.69) is 0 Å². The number of nitro groups is 1. The number of nitrogens with zero attached hydrogens (tertiary/aromatic N) is 1. The van der Waals surface area contributed by atoms with E-state index < -0.39 is 17.6 Å². The maximum atomic E-state index is 11.5. The molecule has 86 valence electrons. The van der Waals surface area contributed by atoms with E-state index in [0.29, 0.717) is 0 Å². The van der Waals surface area contributed by atoms with Crippen LogP contribution in [0.3, 0.4) is 0 Å². The van der Waals surface area contributed by atoms with Gasteiger partial charge in [0.2, 0.25) is 0 Å². The molecule has 0 aliphatic rings. The van der Waals surface area contributed by atoms with Crippen LogP contribution in [-0.2, 0) is 0 Å². The summed E-state index contributed by atoms with van der Waals surface area (Å²) in [4.78, 5) is 21.2. The van der Waals surface area contributed by atoms with Crippen molar-refractivity contribution in [1.29, 1.82) is 0 Å². The largest absolute Gasteiger partial charge is 0.394 e. The summed E-state index contributed by atoms with van der Waals surface area (Å²) in [6.45, 7) is -0.487. The van der Waals surface area contributed by atoms with Crippen LogP contribution >= 0.6 is 0 Å². The second kappa shape index (κ2) is 5.34. The predicted octanol–water partition coefficient (Wildman–Crippen LogP) is 0.521. The van der Waals surface area contributed by atoms with Gasteiger partial charge in [-0.15, -0.1) is 0 Å². The fourth-order valence-corrected chi connectivity index (χ4v) is 1.17. The van der Waals surface area contributed by atoms with Crippen LogP contribution in [0.15, 0.2) is 24.3 Å². The molecule has 0 saturated carbocycles. The molecule has 0 amide bonds. The number of carbonyl (C=O) groups is 1. The van der Waals surface area contributed by atoms with Crippen LogP contribution in [0.2, 0.25) is 0 Å². The summed E-state index contributed by atoms with van der Waals surface area (Å²) in [6.07, 6.45) is -1.29. The number of aliphatic hydroxyl groups excluding tert-OH is 2. The highest BCUT2D eigenvalue weighted by Crippen LogP contribution is 2.13. The highest BCUT2D eigenvalue weighted by molar-refractivity contribution is 5.96. The van der Waals surface area contributed by atoms with Crippen molar-refractivity contribution in [3.8, 4) is 0 Å². The number of hydrogen-bond acceptors (Lipinski definition) is 5. The molecule has 0 aliphatic carbocycles. The van der Waals surface area contributed by atoms with Crippen molar-refractivity contribution in [1.82, 2.24) is 0 Å². The Bertz CT molecular complexity index is 387. The molecule has 0 radical (unpaired) electrons. The van der Waals surface area contributed by atoms with Crippen LogP contribution in [0.1, 0.15) is 16.8 Å². The second-order valence-corrected chi connectivity index (χ2v) is 3.27. The third-order valence-corrected chi connectivity index (χ3v) is 2.03. The lowest BCUT2D eigenvalue weighted by atomic mass is 10.1. The second-order valence-electron chi connectivity index (χ2n) is 3.27. The SMILES string of the molecule is O=C(C[C@@H](O)CO)c1ccc([N+](=O)[O-])cc1. The van der Waals surface area contributed by atoms with Crippen molar-refractivity contribution in [2.45, 2.75) is 12.5 Å². The molecular formula is C10H11NO5. The van der Waals surface area contributed by atoms with E-state index in [1.807, 2.05) is 0 Å². The zero-order valence-electron chi connectivity index (χ0n) is 8.37. The van der Waals surface area contributed by atoms with Gasteiger partial charge in [-0.1, -0.05) is 0 Å². The Balaban J connectivity index is 2.74. The maximum Gasteiger partial charge on any atom is 0.269 e. The Morgan fingerprint density at radius 2 is 1.94 bits per heavy atom. The van der Waals surface area contributed by atoms with Gasteiger partial charge in [-0.3, -0.25) is 14.9 Å². The average molecular weight is 225 g/mol. The van der Waals surface area contributed by atoms with E-state index in [-0.39, 0.29) is 23.5 Å². The summed E-state index contributed by atoms with van der Waals surface area (Å²) in [5.41, 5.74) is 0.178. The quantitative estimate of drug-likeness (QED) is 0.432. The van der Waals surface area contributed by atoms with Crippen LogP contribution in [0.4, 0.5) is 5.69 Å². The first-order valence-corrected chi connectivity index (χ1v) is 4.61. The molecule has 0 fully saturated rings. The fraction of sp³-hybridized carbons (Fsp3) is 0.300. The molecule has 6 nitrogen and oxygen atoms in total. The minimum atomic E-state index is -1.09. The first-order valence-electron chi connectivity index (χ1n) is 4.61. The molecule has 1 atom stereocenters. The van der Waals surface area contributed by atoms with Gasteiger partial charge in [0.05, 0.1) is 17.6 Å². The molecule has 0 aliphatic heterocycles. The van der Waals surface area contributed by atoms with Crippen molar-refractivity contribution >= 4 is 11.5 Å². The molecular weight excluding hydrogens is 214 g/mol. The lowest BCUT2D eigenvalue weighted by Crippen LogP contribution is -2.17. The van der Waals surface area contributed by atoms with E-state index in [4.69, 9.17) is 10.2 Å². The highest BCUT2D eigenvalue weighted by Gasteiger charge is 2.13. The summed E-state index contributed by atoms with van der Waals surface area (Å²) in [5.74, 6) is -0.364. The number of aliphatic hydroxyl groups is 2. The Kier molecular flexibility index (Phi) is 4.10. The fourth-order valence-electron chi connectivity index (χ4n) is 1.17. The molecule has 0 bridgehead atoms. The number of carbonyl (C=O) groups excluding carboxylic acids is 1. The average Bonchev–Trinajstić information content (AvgIpc) is 2.28. The third-order valence-electron chi connectivity index (χ3n) is 2.03. The van der Waals surface area contributed by atoms with Crippen molar-refractivity contribution in [2.24, 2.45) is 0 Å². The van der Waals surface area contributed by atoms with Gasteiger partial charge in [0.25, 0.3) is 5.69 Å². The van der Waals surface area contributed by atoms with Gasteiger partial charge in [-0.25, -0.2) is 0 Å². The van der Waals surface area contributed by atoms with E-state index in [1.54, 1.807) is 0 Å². The molecule has 1 rings (SSSR count). The molecule has 0 spiro atoms. The zero-order chi connectivity index (χ0) is 12.1. The summed E-state index contributed by atoms with van der Waals surface area (Å²) in [7, 11) is 0. The van der Waals surface area contributed by atoms with Gasteiger partial charge >= 0.3 is 0 Å². The number of nitro benzene ring substituents is 1. The molecule has 2 N–H and O–H groups in total. The summed E-state index contributed by atoms with van der Waals surface area (Å²) >= 11 is 0. The van der Waals surface area contributed by atoms with E-state index in [1.165, 1.54) is 24.3 Å². The van der Waals surface area contributed by atoms with Gasteiger partial charge in [0, 0.05) is 24.1 Å². The number of Topliss-reactive ketones (excluding diaryl/α,β-unsaturated/α-hetero) is 1. The molecule has 0 aromatic heterocycles. The maximum absolute atomic E-state index is 11.5.